The number of halogens is 1. The summed E-state index contributed by atoms with van der Waals surface area (Å²) in [5, 5.41) is 0. The molecule has 7 heteroatoms. The molecule has 0 spiro atoms. The molecule has 0 radical (unpaired) electrons. The van der Waals surface area contributed by atoms with Gasteiger partial charge < -0.3 is 19.0 Å². The van der Waals surface area contributed by atoms with E-state index in [9.17, 15) is 14.4 Å². The molecule has 0 aliphatic heterocycles. The fraction of sp³-hybridized carbons (Fsp3) is 0.812. The molecule has 1 unspecified atom stereocenters. The first kappa shape index (κ1) is 22.1. The Bertz CT molecular complexity index is 389. The number of carbonyl (C=O) groups excluding carboxylic acids is 3. The van der Waals surface area contributed by atoms with Crippen LogP contribution in [0.5, 0.6) is 0 Å². The van der Waals surface area contributed by atoms with Gasteiger partial charge in [0.05, 0.1) is 17.4 Å². The van der Waals surface area contributed by atoms with Crippen molar-refractivity contribution in [2.75, 3.05) is 26.4 Å². The zero-order chi connectivity index (χ0) is 18.3. The van der Waals surface area contributed by atoms with Crippen molar-refractivity contribution in [3.63, 3.8) is 0 Å². The lowest BCUT2D eigenvalue weighted by Gasteiger charge is -2.30. The van der Waals surface area contributed by atoms with Crippen LogP contribution in [0.4, 0.5) is 0 Å². The Morgan fingerprint density at radius 3 is 1.78 bits per heavy atom. The Morgan fingerprint density at radius 2 is 1.39 bits per heavy atom. The van der Waals surface area contributed by atoms with Gasteiger partial charge in [-0.05, 0) is 34.6 Å². The Morgan fingerprint density at radius 1 is 0.913 bits per heavy atom. The topological polar surface area (TPSA) is 78.9 Å². The van der Waals surface area contributed by atoms with Crippen LogP contribution in [0.3, 0.4) is 0 Å². The largest absolute Gasteiger partial charge is 0.464 e. The molecule has 0 rings (SSSR count). The van der Waals surface area contributed by atoms with Gasteiger partial charge >= 0.3 is 11.9 Å². The van der Waals surface area contributed by atoms with Gasteiger partial charge in [0.15, 0.2) is 0 Å². The zero-order valence-corrected chi connectivity index (χ0v) is 16.3. The first-order chi connectivity index (χ1) is 10.3. The first-order valence-electron chi connectivity index (χ1n) is 7.36. The lowest BCUT2D eigenvalue weighted by Crippen LogP contribution is -2.39. The van der Waals surface area contributed by atoms with Crippen LogP contribution in [-0.2, 0) is 28.6 Å². The van der Waals surface area contributed by atoms with Crippen molar-refractivity contribution in [2.24, 2.45) is 10.8 Å². The molecule has 0 aromatic heterocycles. The minimum Gasteiger partial charge on any atom is -0.464 e. The molecule has 0 aromatic carbocycles. The van der Waals surface area contributed by atoms with Gasteiger partial charge in [-0.25, -0.2) is 0 Å². The lowest BCUT2D eigenvalue weighted by molar-refractivity contribution is -0.163. The summed E-state index contributed by atoms with van der Waals surface area (Å²) in [5.41, 5.74) is -1.36. The van der Waals surface area contributed by atoms with E-state index >= 15 is 0 Å². The highest BCUT2D eigenvalue weighted by molar-refractivity contribution is 9.10. The molecule has 0 aromatic rings. The van der Waals surface area contributed by atoms with E-state index in [1.54, 1.807) is 41.5 Å². The number of rotatable bonds is 9. The highest BCUT2D eigenvalue weighted by atomic mass is 79.9. The van der Waals surface area contributed by atoms with Crippen molar-refractivity contribution < 1.29 is 28.6 Å². The van der Waals surface area contributed by atoms with E-state index in [0.29, 0.717) is 6.29 Å². The lowest BCUT2D eigenvalue weighted by atomic mass is 9.93. The van der Waals surface area contributed by atoms with Gasteiger partial charge in [0.1, 0.15) is 30.4 Å². The molecule has 0 aliphatic rings. The predicted molar refractivity (Wildman–Crippen MR) is 89.4 cm³/mol. The predicted octanol–water partition coefficient (Wildman–Crippen LogP) is 2.51. The summed E-state index contributed by atoms with van der Waals surface area (Å²) in [7, 11) is 0. The van der Waals surface area contributed by atoms with Crippen molar-refractivity contribution >= 4 is 34.2 Å². The summed E-state index contributed by atoms with van der Waals surface area (Å²) < 4.78 is 15.0. The van der Waals surface area contributed by atoms with Crippen LogP contribution in [0.2, 0.25) is 0 Å². The van der Waals surface area contributed by atoms with Crippen LogP contribution in [0.1, 0.15) is 41.5 Å². The third-order valence-electron chi connectivity index (χ3n) is 2.84. The smallest absolute Gasteiger partial charge is 0.322 e. The van der Waals surface area contributed by atoms with Gasteiger partial charge in [-0.2, -0.15) is 0 Å². The second-order valence-corrected chi connectivity index (χ2v) is 9.35. The maximum atomic E-state index is 11.9. The minimum atomic E-state index is -0.806. The van der Waals surface area contributed by atoms with Crippen molar-refractivity contribution in [2.45, 2.75) is 45.9 Å². The quantitative estimate of drug-likeness (QED) is 0.258. The van der Waals surface area contributed by atoms with Crippen molar-refractivity contribution in [3.8, 4) is 0 Å². The fourth-order valence-electron chi connectivity index (χ4n) is 1.35. The van der Waals surface area contributed by atoms with E-state index in [2.05, 4.69) is 15.9 Å². The maximum absolute atomic E-state index is 11.9. The number of esters is 2. The molecule has 23 heavy (non-hydrogen) atoms. The molecule has 0 saturated heterocycles. The van der Waals surface area contributed by atoms with Crippen LogP contribution in [0.25, 0.3) is 0 Å². The average molecular weight is 395 g/mol. The SMILES string of the molecule is CC(COCC=O)(COC(=O)C(C)(C)C)COC(=O)C(C)(C)Br. The number of carbonyl (C=O) groups is 3. The van der Waals surface area contributed by atoms with Gasteiger partial charge in [-0.1, -0.05) is 22.9 Å². The van der Waals surface area contributed by atoms with E-state index in [0.717, 1.165) is 0 Å². The third-order valence-corrected chi connectivity index (χ3v) is 3.16. The highest BCUT2D eigenvalue weighted by Gasteiger charge is 2.34. The summed E-state index contributed by atoms with van der Waals surface area (Å²) in [5.74, 6) is -0.785. The van der Waals surface area contributed by atoms with Gasteiger partial charge in [0, 0.05) is 0 Å². The summed E-state index contributed by atoms with van der Waals surface area (Å²) >= 11 is 3.23. The van der Waals surface area contributed by atoms with Crippen LogP contribution in [0, 0.1) is 10.8 Å². The van der Waals surface area contributed by atoms with Gasteiger partial charge in [-0.3, -0.25) is 9.59 Å². The van der Waals surface area contributed by atoms with Crippen molar-refractivity contribution in [1.29, 1.82) is 0 Å². The Labute approximate surface area is 146 Å². The van der Waals surface area contributed by atoms with E-state index in [-0.39, 0.29) is 32.4 Å². The van der Waals surface area contributed by atoms with E-state index in [4.69, 9.17) is 14.2 Å². The molecule has 0 heterocycles. The second kappa shape index (κ2) is 8.78. The Hall–Kier alpha value is -0.950. The van der Waals surface area contributed by atoms with Gasteiger partial charge in [0.2, 0.25) is 0 Å². The summed E-state index contributed by atoms with van der Waals surface area (Å²) in [6, 6.07) is 0. The van der Waals surface area contributed by atoms with Gasteiger partial charge in [0.25, 0.3) is 0 Å². The molecule has 6 nitrogen and oxygen atoms in total. The monoisotopic (exact) mass is 394 g/mol. The third kappa shape index (κ3) is 9.05. The standard InChI is InChI=1S/C16H27BrO6/c1-14(2,3)12(19)22-10-16(6,9-21-8-7-18)11-23-13(20)15(4,5)17/h7H,8-11H2,1-6H3. The molecule has 1 atom stereocenters. The summed E-state index contributed by atoms with van der Waals surface area (Å²) in [6.07, 6.45) is 0.634. The number of hydrogen-bond acceptors (Lipinski definition) is 6. The normalized spacial score (nSPS) is 14.7. The Balaban J connectivity index is 4.78. The van der Waals surface area contributed by atoms with E-state index in [1.807, 2.05) is 0 Å². The molecule has 134 valence electrons. The Kier molecular flexibility index (Phi) is 8.41. The summed E-state index contributed by atoms with van der Waals surface area (Å²) in [4.78, 5) is 34.2. The first-order valence-corrected chi connectivity index (χ1v) is 8.16. The molecule has 0 N–H and O–H groups in total. The maximum Gasteiger partial charge on any atom is 0.322 e. The van der Waals surface area contributed by atoms with Gasteiger partial charge in [-0.15, -0.1) is 0 Å². The molecule has 0 saturated carbocycles. The van der Waals surface area contributed by atoms with Crippen molar-refractivity contribution in [3.05, 3.63) is 0 Å². The van der Waals surface area contributed by atoms with Crippen LogP contribution >= 0.6 is 15.9 Å². The minimum absolute atomic E-state index is 0.0111. The number of hydrogen-bond donors (Lipinski definition) is 0. The molecule has 0 fully saturated rings. The summed E-state index contributed by atoms with van der Waals surface area (Å²) in [6.45, 7) is 10.5. The number of alkyl halides is 1. The van der Waals surface area contributed by atoms with Crippen LogP contribution < -0.4 is 0 Å². The second-order valence-electron chi connectivity index (χ2n) is 7.37. The molecule has 0 bridgehead atoms. The van der Waals surface area contributed by atoms with E-state index < -0.39 is 21.1 Å². The molecule has 0 aliphatic carbocycles. The van der Waals surface area contributed by atoms with Crippen molar-refractivity contribution in [1.82, 2.24) is 0 Å². The fourth-order valence-corrected chi connectivity index (χ4v) is 1.46. The number of aldehydes is 1. The molecule has 0 amide bonds. The average Bonchev–Trinajstić information content (AvgIpc) is 2.40. The molecular weight excluding hydrogens is 368 g/mol. The molecular formula is C16H27BrO6. The number of ether oxygens (including phenoxy) is 3. The van der Waals surface area contributed by atoms with E-state index in [1.165, 1.54) is 0 Å². The highest BCUT2D eigenvalue weighted by Crippen LogP contribution is 2.24. The van der Waals surface area contributed by atoms with Crippen LogP contribution in [0.15, 0.2) is 0 Å². The van der Waals surface area contributed by atoms with Crippen LogP contribution in [-0.4, -0.2) is 49.0 Å². The zero-order valence-electron chi connectivity index (χ0n) is 14.7.